The highest BCUT2D eigenvalue weighted by Gasteiger charge is 2.47. The maximum Gasteiger partial charge on any atom is 0.387 e. The first-order valence-corrected chi connectivity index (χ1v) is 9.21. The number of fused-ring (bicyclic) bond motifs is 1. The first kappa shape index (κ1) is 20.2. The van der Waals surface area contributed by atoms with Crippen molar-refractivity contribution >= 4 is 17.6 Å². The first-order valence-electron chi connectivity index (χ1n) is 9.21. The first-order chi connectivity index (χ1) is 13.4. The van der Waals surface area contributed by atoms with Gasteiger partial charge in [-0.2, -0.15) is 8.78 Å². The SMILES string of the molecule is CCCC(NC(=O)c1ccc(OC(F)F)cc1)C(=O)N1CCC2OCC(=O)C21. The average Bonchev–Trinajstić information content (AvgIpc) is 3.24. The van der Waals surface area contributed by atoms with Crippen molar-refractivity contribution in [1.29, 1.82) is 0 Å². The van der Waals surface area contributed by atoms with Gasteiger partial charge in [0.25, 0.3) is 5.91 Å². The average molecular weight is 396 g/mol. The highest BCUT2D eigenvalue weighted by atomic mass is 19.3. The number of benzene rings is 1. The molecule has 2 saturated heterocycles. The number of ketones is 1. The van der Waals surface area contributed by atoms with Gasteiger partial charge in [-0.15, -0.1) is 0 Å². The lowest BCUT2D eigenvalue weighted by molar-refractivity contribution is -0.138. The largest absolute Gasteiger partial charge is 0.435 e. The second-order valence-electron chi connectivity index (χ2n) is 6.80. The Balaban J connectivity index is 1.67. The summed E-state index contributed by atoms with van der Waals surface area (Å²) in [6, 6.07) is 3.87. The molecule has 28 heavy (non-hydrogen) atoms. The molecule has 1 aromatic carbocycles. The lowest BCUT2D eigenvalue weighted by atomic mass is 10.1. The smallest absolute Gasteiger partial charge is 0.387 e. The molecule has 2 aliphatic rings. The Morgan fingerprint density at radius 1 is 1.32 bits per heavy atom. The van der Waals surface area contributed by atoms with Crippen LogP contribution in [0.2, 0.25) is 0 Å². The van der Waals surface area contributed by atoms with Crippen molar-refractivity contribution in [2.75, 3.05) is 13.2 Å². The van der Waals surface area contributed by atoms with Crippen molar-refractivity contribution in [1.82, 2.24) is 10.2 Å². The number of carbonyl (C=O) groups excluding carboxylic acids is 3. The van der Waals surface area contributed by atoms with Crippen molar-refractivity contribution in [3.63, 3.8) is 0 Å². The van der Waals surface area contributed by atoms with E-state index in [1.165, 1.54) is 29.2 Å². The van der Waals surface area contributed by atoms with Gasteiger partial charge >= 0.3 is 6.61 Å². The van der Waals surface area contributed by atoms with Crippen LogP contribution in [0, 0.1) is 0 Å². The predicted octanol–water partition coefficient (Wildman–Crippen LogP) is 1.76. The van der Waals surface area contributed by atoms with E-state index in [-0.39, 0.29) is 35.7 Å². The topological polar surface area (TPSA) is 84.9 Å². The number of rotatable bonds is 7. The Labute approximate surface area is 161 Å². The molecule has 0 aromatic heterocycles. The highest BCUT2D eigenvalue weighted by Crippen LogP contribution is 2.28. The minimum atomic E-state index is -2.95. The normalized spacial score (nSPS) is 22.3. The molecule has 1 N–H and O–H groups in total. The lowest BCUT2D eigenvalue weighted by Crippen LogP contribution is -2.52. The molecule has 2 fully saturated rings. The molecule has 3 unspecified atom stereocenters. The molecule has 0 spiro atoms. The molecule has 3 rings (SSSR count). The maximum atomic E-state index is 13.0. The molecule has 2 heterocycles. The Bertz CT molecular complexity index is 740. The zero-order valence-electron chi connectivity index (χ0n) is 15.4. The van der Waals surface area contributed by atoms with Gasteiger partial charge < -0.3 is 19.7 Å². The van der Waals surface area contributed by atoms with Gasteiger partial charge in [0.1, 0.15) is 24.4 Å². The van der Waals surface area contributed by atoms with Gasteiger partial charge in [0.2, 0.25) is 5.91 Å². The number of carbonyl (C=O) groups is 3. The summed E-state index contributed by atoms with van der Waals surface area (Å²) in [5.74, 6) is -0.984. The van der Waals surface area contributed by atoms with Gasteiger partial charge in [0.05, 0.1) is 6.10 Å². The van der Waals surface area contributed by atoms with E-state index in [4.69, 9.17) is 4.74 Å². The summed E-state index contributed by atoms with van der Waals surface area (Å²) >= 11 is 0. The van der Waals surface area contributed by atoms with Crippen molar-refractivity contribution in [3.8, 4) is 5.75 Å². The fraction of sp³-hybridized carbons (Fsp3) is 0.526. The minimum Gasteiger partial charge on any atom is -0.435 e. The van der Waals surface area contributed by atoms with Crippen LogP contribution in [-0.4, -0.2) is 60.4 Å². The fourth-order valence-electron chi connectivity index (χ4n) is 3.62. The number of Topliss-reactive ketones (excluding diaryl/α,β-unsaturated/α-hetero) is 1. The number of ether oxygens (including phenoxy) is 2. The predicted molar refractivity (Wildman–Crippen MR) is 94.1 cm³/mol. The summed E-state index contributed by atoms with van der Waals surface area (Å²) in [6.45, 7) is -0.635. The number of halogens is 2. The molecular formula is C19H22F2N2O5. The van der Waals surface area contributed by atoms with Crippen LogP contribution in [-0.2, 0) is 14.3 Å². The van der Waals surface area contributed by atoms with E-state index < -0.39 is 24.6 Å². The van der Waals surface area contributed by atoms with E-state index in [2.05, 4.69) is 10.1 Å². The Kier molecular flexibility index (Phi) is 6.23. The van der Waals surface area contributed by atoms with Gasteiger partial charge in [-0.05, 0) is 37.1 Å². The molecule has 2 amide bonds. The van der Waals surface area contributed by atoms with E-state index in [0.29, 0.717) is 25.8 Å². The van der Waals surface area contributed by atoms with Gasteiger partial charge in [0, 0.05) is 12.1 Å². The number of amides is 2. The number of nitrogens with one attached hydrogen (secondary N) is 1. The summed E-state index contributed by atoms with van der Waals surface area (Å²) in [4.78, 5) is 39.0. The molecule has 0 radical (unpaired) electrons. The van der Waals surface area contributed by atoms with Crippen LogP contribution in [0.5, 0.6) is 5.75 Å². The van der Waals surface area contributed by atoms with Gasteiger partial charge in [0.15, 0.2) is 5.78 Å². The van der Waals surface area contributed by atoms with E-state index in [0.717, 1.165) is 0 Å². The molecule has 2 aliphatic heterocycles. The quantitative estimate of drug-likeness (QED) is 0.759. The summed E-state index contributed by atoms with van der Waals surface area (Å²) in [5, 5.41) is 2.69. The number of nitrogens with zero attached hydrogens (tertiary/aromatic N) is 1. The van der Waals surface area contributed by atoms with Crippen molar-refractivity contribution in [2.45, 2.75) is 51.0 Å². The van der Waals surface area contributed by atoms with Crippen LogP contribution in [0.3, 0.4) is 0 Å². The zero-order chi connectivity index (χ0) is 20.3. The molecule has 0 bridgehead atoms. The second kappa shape index (κ2) is 8.64. The standard InChI is InChI=1S/C19H22F2N2O5/c1-2-3-13(18(26)23-9-8-15-16(23)14(24)10-27-15)22-17(25)11-4-6-12(7-5-11)28-19(20)21/h4-7,13,15-16,19H,2-3,8-10H2,1H3,(H,22,25). The minimum absolute atomic E-state index is 0.0109. The van der Waals surface area contributed by atoms with Gasteiger partial charge in [-0.3, -0.25) is 14.4 Å². The van der Waals surface area contributed by atoms with Crippen molar-refractivity contribution in [3.05, 3.63) is 29.8 Å². The molecule has 3 atom stereocenters. The third kappa shape index (κ3) is 4.30. The fourth-order valence-corrected chi connectivity index (χ4v) is 3.62. The molecule has 0 aliphatic carbocycles. The highest BCUT2D eigenvalue weighted by molar-refractivity contribution is 5.99. The molecular weight excluding hydrogens is 374 g/mol. The molecule has 0 saturated carbocycles. The second-order valence-corrected chi connectivity index (χ2v) is 6.80. The zero-order valence-corrected chi connectivity index (χ0v) is 15.4. The Morgan fingerprint density at radius 3 is 2.68 bits per heavy atom. The van der Waals surface area contributed by atoms with Crippen LogP contribution < -0.4 is 10.1 Å². The van der Waals surface area contributed by atoms with Crippen LogP contribution >= 0.6 is 0 Å². The van der Waals surface area contributed by atoms with E-state index in [9.17, 15) is 23.2 Å². The van der Waals surface area contributed by atoms with Crippen LogP contribution in [0.1, 0.15) is 36.5 Å². The van der Waals surface area contributed by atoms with E-state index in [1.54, 1.807) is 0 Å². The van der Waals surface area contributed by atoms with E-state index in [1.807, 2.05) is 6.92 Å². The van der Waals surface area contributed by atoms with E-state index >= 15 is 0 Å². The lowest BCUT2D eigenvalue weighted by Gasteiger charge is -2.27. The maximum absolute atomic E-state index is 13.0. The van der Waals surface area contributed by atoms with Crippen molar-refractivity contribution < 1.29 is 32.6 Å². The summed E-state index contributed by atoms with van der Waals surface area (Å²) < 4.78 is 34.1. The van der Waals surface area contributed by atoms with Gasteiger partial charge in [-0.1, -0.05) is 13.3 Å². The van der Waals surface area contributed by atoms with Gasteiger partial charge in [-0.25, -0.2) is 0 Å². The Hall–Kier alpha value is -2.55. The van der Waals surface area contributed by atoms with Crippen molar-refractivity contribution in [2.24, 2.45) is 0 Å². The molecule has 152 valence electrons. The summed E-state index contributed by atoms with van der Waals surface area (Å²) in [5.41, 5.74) is 0.218. The number of likely N-dealkylation sites (tertiary alicyclic amines) is 1. The third-order valence-electron chi connectivity index (χ3n) is 4.92. The van der Waals surface area contributed by atoms with Crippen LogP contribution in [0.25, 0.3) is 0 Å². The summed E-state index contributed by atoms with van der Waals surface area (Å²) in [7, 11) is 0. The number of hydrogen-bond donors (Lipinski definition) is 1. The molecule has 9 heteroatoms. The Morgan fingerprint density at radius 2 is 2.04 bits per heavy atom. The summed E-state index contributed by atoms with van der Waals surface area (Å²) in [6.07, 6.45) is 1.40. The monoisotopic (exact) mass is 396 g/mol. The number of hydrogen-bond acceptors (Lipinski definition) is 5. The van der Waals surface area contributed by atoms with Crippen LogP contribution in [0.4, 0.5) is 8.78 Å². The number of alkyl halides is 2. The molecule has 1 aromatic rings. The third-order valence-corrected chi connectivity index (χ3v) is 4.92. The van der Waals surface area contributed by atoms with Crippen LogP contribution in [0.15, 0.2) is 24.3 Å². The molecule has 7 nitrogen and oxygen atoms in total.